The van der Waals surface area contributed by atoms with Crippen molar-refractivity contribution in [2.24, 2.45) is 0 Å². The summed E-state index contributed by atoms with van der Waals surface area (Å²) in [7, 11) is 0. The van der Waals surface area contributed by atoms with Gasteiger partial charge in [-0.15, -0.1) is 0 Å². The molecule has 1 heteroatoms. The van der Waals surface area contributed by atoms with Crippen molar-refractivity contribution in [3.8, 4) is 0 Å². The summed E-state index contributed by atoms with van der Waals surface area (Å²) < 4.78 is 0. The van der Waals surface area contributed by atoms with Crippen molar-refractivity contribution >= 4 is 5.78 Å². The molecule has 0 saturated carbocycles. The van der Waals surface area contributed by atoms with Gasteiger partial charge in [0.15, 0.2) is 0 Å². The number of ketones is 1. The van der Waals surface area contributed by atoms with Crippen molar-refractivity contribution in [1.29, 1.82) is 0 Å². The van der Waals surface area contributed by atoms with E-state index in [1.165, 1.54) is 141 Å². The standard InChI is InChI=1S/C34H64O/c1-3-5-7-9-11-13-15-17-18-19-21-23-25-27-29-31-33-34(35)32-30-28-26-24-22-20-16-14-12-10-8-6-4-2/h11,13,17-18H,3-10,12,14-16,19-33H2,1-2H3/b13-11-,18-17-. The van der Waals surface area contributed by atoms with Gasteiger partial charge in [0, 0.05) is 12.8 Å². The number of rotatable bonds is 29. The van der Waals surface area contributed by atoms with E-state index in [-0.39, 0.29) is 0 Å². The summed E-state index contributed by atoms with van der Waals surface area (Å²) in [6.45, 7) is 4.55. The molecule has 0 aliphatic heterocycles. The lowest BCUT2D eigenvalue weighted by molar-refractivity contribution is -0.119. The molecule has 0 saturated heterocycles. The first-order valence-electron chi connectivity index (χ1n) is 16.1. The molecule has 0 N–H and O–H groups in total. The molecule has 0 atom stereocenters. The van der Waals surface area contributed by atoms with Gasteiger partial charge in [-0.05, 0) is 44.9 Å². The molecule has 0 aliphatic carbocycles. The van der Waals surface area contributed by atoms with Crippen LogP contribution in [0.3, 0.4) is 0 Å². The van der Waals surface area contributed by atoms with Gasteiger partial charge in [0.2, 0.25) is 0 Å². The Morgan fingerprint density at radius 3 is 1.14 bits per heavy atom. The highest BCUT2D eigenvalue weighted by Crippen LogP contribution is 2.14. The van der Waals surface area contributed by atoms with Gasteiger partial charge in [0.25, 0.3) is 0 Å². The topological polar surface area (TPSA) is 17.1 Å². The Morgan fingerprint density at radius 2 is 0.714 bits per heavy atom. The molecule has 0 amide bonds. The minimum absolute atomic E-state index is 0.512. The van der Waals surface area contributed by atoms with E-state index in [2.05, 4.69) is 38.2 Å². The molecule has 0 bridgehead atoms. The van der Waals surface area contributed by atoms with Crippen LogP contribution >= 0.6 is 0 Å². The zero-order chi connectivity index (χ0) is 25.5. The van der Waals surface area contributed by atoms with Crippen LogP contribution in [0.2, 0.25) is 0 Å². The van der Waals surface area contributed by atoms with Crippen molar-refractivity contribution < 1.29 is 4.79 Å². The molecule has 0 spiro atoms. The molecule has 0 rings (SSSR count). The van der Waals surface area contributed by atoms with Crippen molar-refractivity contribution in [2.75, 3.05) is 0 Å². The van der Waals surface area contributed by atoms with Crippen LogP contribution in [-0.4, -0.2) is 5.78 Å². The molecule has 0 aliphatic rings. The maximum atomic E-state index is 12.1. The third-order valence-corrected chi connectivity index (χ3v) is 7.22. The number of hydrogen-bond donors (Lipinski definition) is 0. The first-order valence-corrected chi connectivity index (χ1v) is 16.1. The van der Waals surface area contributed by atoms with Crippen molar-refractivity contribution in [3.63, 3.8) is 0 Å². The molecule has 35 heavy (non-hydrogen) atoms. The Bertz CT molecular complexity index is 461. The smallest absolute Gasteiger partial charge is 0.132 e. The number of carbonyl (C=O) groups excluding carboxylic acids is 1. The van der Waals surface area contributed by atoms with Gasteiger partial charge in [-0.2, -0.15) is 0 Å². The van der Waals surface area contributed by atoms with E-state index in [1.807, 2.05) is 0 Å². The molecule has 0 aromatic carbocycles. The summed E-state index contributed by atoms with van der Waals surface area (Å²) >= 11 is 0. The lowest BCUT2D eigenvalue weighted by Gasteiger charge is -2.04. The molecular formula is C34H64O. The van der Waals surface area contributed by atoms with Crippen LogP contribution in [0, 0.1) is 0 Å². The fourth-order valence-electron chi connectivity index (χ4n) is 4.78. The fourth-order valence-corrected chi connectivity index (χ4v) is 4.78. The summed E-state index contributed by atoms with van der Waals surface area (Å²) in [4.78, 5) is 12.1. The number of hydrogen-bond acceptors (Lipinski definition) is 1. The fraction of sp³-hybridized carbons (Fsp3) is 0.853. The average molecular weight is 489 g/mol. The largest absolute Gasteiger partial charge is 0.300 e. The Labute approximate surface area is 222 Å². The molecule has 0 fully saturated rings. The summed E-state index contributed by atoms with van der Waals surface area (Å²) in [6.07, 6.45) is 44.0. The van der Waals surface area contributed by atoms with Crippen LogP contribution in [0.15, 0.2) is 24.3 Å². The summed E-state index contributed by atoms with van der Waals surface area (Å²) in [6, 6.07) is 0. The van der Waals surface area contributed by atoms with Gasteiger partial charge in [0.1, 0.15) is 5.78 Å². The molecule has 1 nitrogen and oxygen atoms in total. The molecule has 0 unspecified atom stereocenters. The molecule has 0 heterocycles. The third-order valence-electron chi connectivity index (χ3n) is 7.22. The normalized spacial score (nSPS) is 11.8. The van der Waals surface area contributed by atoms with Crippen LogP contribution in [0.1, 0.15) is 187 Å². The van der Waals surface area contributed by atoms with E-state index in [9.17, 15) is 4.79 Å². The predicted molar refractivity (Wildman–Crippen MR) is 159 cm³/mol. The van der Waals surface area contributed by atoms with Crippen molar-refractivity contribution in [3.05, 3.63) is 24.3 Å². The zero-order valence-electron chi connectivity index (χ0n) is 24.3. The highest BCUT2D eigenvalue weighted by Gasteiger charge is 2.02. The maximum Gasteiger partial charge on any atom is 0.132 e. The first kappa shape index (κ1) is 34.1. The highest BCUT2D eigenvalue weighted by molar-refractivity contribution is 5.78. The second-order valence-corrected chi connectivity index (χ2v) is 10.9. The zero-order valence-corrected chi connectivity index (χ0v) is 24.3. The molecule has 206 valence electrons. The van der Waals surface area contributed by atoms with Crippen LogP contribution in [-0.2, 0) is 4.79 Å². The van der Waals surface area contributed by atoms with E-state index in [1.54, 1.807) is 0 Å². The summed E-state index contributed by atoms with van der Waals surface area (Å²) in [5.74, 6) is 0.512. The molecule has 0 radical (unpaired) electrons. The molecule has 0 aromatic heterocycles. The Balaban J connectivity index is 3.23. The van der Waals surface area contributed by atoms with E-state index >= 15 is 0 Å². The lowest BCUT2D eigenvalue weighted by Crippen LogP contribution is -1.97. The highest BCUT2D eigenvalue weighted by atomic mass is 16.1. The number of carbonyl (C=O) groups is 1. The van der Waals surface area contributed by atoms with Crippen LogP contribution in [0.4, 0.5) is 0 Å². The average Bonchev–Trinajstić information content (AvgIpc) is 2.86. The van der Waals surface area contributed by atoms with Gasteiger partial charge in [0.05, 0.1) is 0 Å². The van der Waals surface area contributed by atoms with E-state index in [4.69, 9.17) is 0 Å². The number of allylic oxidation sites excluding steroid dienone is 4. The second-order valence-electron chi connectivity index (χ2n) is 10.9. The molecule has 0 aromatic rings. The van der Waals surface area contributed by atoms with Gasteiger partial charge in [-0.1, -0.05) is 154 Å². The maximum absolute atomic E-state index is 12.1. The third kappa shape index (κ3) is 31.1. The predicted octanol–water partition coefficient (Wildman–Crippen LogP) is 12.2. The van der Waals surface area contributed by atoms with Crippen LogP contribution < -0.4 is 0 Å². The SMILES string of the molecule is CCCCC/C=C\C/C=C\CCCCCCCCC(=O)CCCCCCCCCCCCCCC. The van der Waals surface area contributed by atoms with Gasteiger partial charge in [-0.25, -0.2) is 0 Å². The monoisotopic (exact) mass is 488 g/mol. The van der Waals surface area contributed by atoms with Crippen LogP contribution in [0.25, 0.3) is 0 Å². The summed E-state index contributed by atoms with van der Waals surface area (Å²) in [5, 5.41) is 0. The van der Waals surface area contributed by atoms with Crippen molar-refractivity contribution in [1.82, 2.24) is 0 Å². The Kier molecular flexibility index (Phi) is 30.4. The number of Topliss-reactive ketones (excluding diaryl/α,β-unsaturated/α-hetero) is 1. The van der Waals surface area contributed by atoms with Gasteiger partial charge < -0.3 is 0 Å². The lowest BCUT2D eigenvalue weighted by atomic mass is 10.0. The van der Waals surface area contributed by atoms with Gasteiger partial charge in [-0.3, -0.25) is 4.79 Å². The van der Waals surface area contributed by atoms with Crippen LogP contribution in [0.5, 0.6) is 0 Å². The second kappa shape index (κ2) is 31.2. The molecular weight excluding hydrogens is 424 g/mol. The Hall–Kier alpha value is -0.850. The van der Waals surface area contributed by atoms with E-state index in [0.717, 1.165) is 32.1 Å². The number of unbranched alkanes of at least 4 members (excludes halogenated alkanes) is 21. The minimum atomic E-state index is 0.512. The first-order chi connectivity index (χ1) is 17.3. The van der Waals surface area contributed by atoms with Crippen molar-refractivity contribution in [2.45, 2.75) is 187 Å². The summed E-state index contributed by atoms with van der Waals surface area (Å²) in [5.41, 5.74) is 0. The van der Waals surface area contributed by atoms with Gasteiger partial charge >= 0.3 is 0 Å². The van der Waals surface area contributed by atoms with E-state index < -0.39 is 0 Å². The minimum Gasteiger partial charge on any atom is -0.300 e. The Morgan fingerprint density at radius 1 is 0.400 bits per heavy atom. The van der Waals surface area contributed by atoms with E-state index in [0.29, 0.717) is 5.78 Å². The quantitative estimate of drug-likeness (QED) is 0.0755.